The van der Waals surface area contributed by atoms with E-state index < -0.39 is 0 Å². The second-order valence-corrected chi connectivity index (χ2v) is 8.99. The van der Waals surface area contributed by atoms with Crippen LogP contribution in [0.15, 0.2) is 17.6 Å². The fourth-order valence-corrected chi connectivity index (χ4v) is 5.20. The number of hydrogen-bond acceptors (Lipinski definition) is 4. The summed E-state index contributed by atoms with van der Waals surface area (Å²) in [6, 6.07) is 2.09. The molecule has 1 aliphatic heterocycles. The Morgan fingerprint density at radius 1 is 1.37 bits per heavy atom. The van der Waals surface area contributed by atoms with Gasteiger partial charge in [0.1, 0.15) is 0 Å². The minimum absolute atomic E-state index is 0.0367. The molecule has 2 atom stereocenters. The molecule has 1 N–H and O–H groups in total. The standard InChI is InChI=1S/C21H29N3O2S/c1-14-19(12-22-24(14)2)23-21(25)17-11-20(27-13-17)18-10-16(18)5-3-4-15-6-8-26-9-7-15/h11-13,15-16,18H,3-10H2,1-2H3,(H,23,25). The zero-order chi connectivity index (χ0) is 18.8. The fourth-order valence-electron chi connectivity index (χ4n) is 4.10. The molecule has 1 saturated carbocycles. The summed E-state index contributed by atoms with van der Waals surface area (Å²) in [5.41, 5.74) is 2.52. The van der Waals surface area contributed by atoms with Crippen LogP contribution in [0.5, 0.6) is 0 Å². The molecule has 3 heterocycles. The maximum absolute atomic E-state index is 12.5. The number of rotatable bonds is 7. The molecular weight excluding hydrogens is 358 g/mol. The van der Waals surface area contributed by atoms with Gasteiger partial charge in [-0.1, -0.05) is 12.8 Å². The van der Waals surface area contributed by atoms with E-state index in [4.69, 9.17) is 4.74 Å². The van der Waals surface area contributed by atoms with Crippen LogP contribution >= 0.6 is 11.3 Å². The number of aryl methyl sites for hydroxylation is 1. The van der Waals surface area contributed by atoms with Gasteiger partial charge in [0.05, 0.1) is 23.1 Å². The van der Waals surface area contributed by atoms with E-state index in [9.17, 15) is 4.79 Å². The molecule has 146 valence electrons. The molecule has 6 heteroatoms. The highest BCUT2D eigenvalue weighted by Crippen LogP contribution is 2.52. The molecule has 5 nitrogen and oxygen atoms in total. The van der Waals surface area contributed by atoms with E-state index in [1.807, 2.05) is 19.4 Å². The van der Waals surface area contributed by atoms with Crippen LogP contribution in [-0.2, 0) is 11.8 Å². The van der Waals surface area contributed by atoms with Crippen molar-refractivity contribution in [1.29, 1.82) is 0 Å². The zero-order valence-electron chi connectivity index (χ0n) is 16.2. The monoisotopic (exact) mass is 387 g/mol. The molecular formula is C21H29N3O2S. The highest BCUT2D eigenvalue weighted by molar-refractivity contribution is 7.10. The third-order valence-corrected chi connectivity index (χ3v) is 7.25. The highest BCUT2D eigenvalue weighted by atomic mass is 32.1. The van der Waals surface area contributed by atoms with Gasteiger partial charge in [-0.25, -0.2) is 0 Å². The summed E-state index contributed by atoms with van der Waals surface area (Å²) >= 11 is 1.74. The van der Waals surface area contributed by atoms with Gasteiger partial charge in [-0.3, -0.25) is 9.48 Å². The summed E-state index contributed by atoms with van der Waals surface area (Å²) in [5, 5.41) is 9.15. The molecule has 1 aliphatic carbocycles. The number of thiophene rings is 1. The van der Waals surface area contributed by atoms with Crippen molar-refractivity contribution in [3.05, 3.63) is 33.8 Å². The van der Waals surface area contributed by atoms with Crippen molar-refractivity contribution in [3.8, 4) is 0 Å². The lowest BCUT2D eigenvalue weighted by Crippen LogP contribution is -2.15. The molecule has 0 radical (unpaired) electrons. The summed E-state index contributed by atoms with van der Waals surface area (Å²) in [6.45, 7) is 3.86. The summed E-state index contributed by atoms with van der Waals surface area (Å²) in [4.78, 5) is 13.9. The van der Waals surface area contributed by atoms with Crippen LogP contribution in [0.25, 0.3) is 0 Å². The van der Waals surface area contributed by atoms with Crippen LogP contribution < -0.4 is 5.32 Å². The number of nitrogens with one attached hydrogen (secondary N) is 1. The first-order valence-electron chi connectivity index (χ1n) is 10.1. The van der Waals surface area contributed by atoms with Gasteiger partial charge >= 0.3 is 0 Å². The molecule has 2 fully saturated rings. The van der Waals surface area contributed by atoms with E-state index in [-0.39, 0.29) is 5.91 Å². The average molecular weight is 388 g/mol. The van der Waals surface area contributed by atoms with Gasteiger partial charge in [0.25, 0.3) is 5.91 Å². The van der Waals surface area contributed by atoms with E-state index in [1.54, 1.807) is 22.2 Å². The summed E-state index contributed by atoms with van der Waals surface area (Å²) in [5.74, 6) is 2.33. The van der Waals surface area contributed by atoms with E-state index in [2.05, 4.69) is 16.5 Å². The van der Waals surface area contributed by atoms with Crippen molar-refractivity contribution in [2.75, 3.05) is 18.5 Å². The van der Waals surface area contributed by atoms with Crippen molar-refractivity contribution in [3.63, 3.8) is 0 Å². The first-order valence-corrected chi connectivity index (χ1v) is 11.0. The number of carbonyl (C=O) groups is 1. The molecule has 27 heavy (non-hydrogen) atoms. The number of aromatic nitrogens is 2. The van der Waals surface area contributed by atoms with Crippen LogP contribution in [0.4, 0.5) is 5.69 Å². The van der Waals surface area contributed by atoms with Gasteiger partial charge < -0.3 is 10.1 Å². The Bertz CT molecular complexity index is 791. The fraction of sp³-hybridized carbons (Fsp3) is 0.619. The average Bonchev–Trinajstić information content (AvgIpc) is 3.15. The Morgan fingerprint density at radius 2 is 2.19 bits per heavy atom. The molecule has 1 amide bonds. The van der Waals surface area contributed by atoms with Crippen LogP contribution in [-0.4, -0.2) is 28.9 Å². The van der Waals surface area contributed by atoms with Crippen molar-refractivity contribution in [1.82, 2.24) is 9.78 Å². The number of carbonyl (C=O) groups excluding carboxylic acids is 1. The SMILES string of the molecule is Cc1c(NC(=O)c2csc(C3CC3CCCC3CCOCC3)c2)cnn1C. The predicted molar refractivity (Wildman–Crippen MR) is 108 cm³/mol. The van der Waals surface area contributed by atoms with Gasteiger partial charge in [0.15, 0.2) is 0 Å². The first kappa shape index (κ1) is 18.7. The second-order valence-electron chi connectivity index (χ2n) is 8.05. The Labute approximate surface area is 165 Å². The number of anilines is 1. The topological polar surface area (TPSA) is 56.1 Å². The first-order chi connectivity index (χ1) is 13.1. The van der Waals surface area contributed by atoms with E-state index in [0.29, 0.717) is 5.92 Å². The Hall–Kier alpha value is -1.66. The highest BCUT2D eigenvalue weighted by Gasteiger charge is 2.38. The maximum atomic E-state index is 12.5. The smallest absolute Gasteiger partial charge is 0.256 e. The third-order valence-electron chi connectivity index (χ3n) is 6.18. The van der Waals surface area contributed by atoms with Crippen LogP contribution in [0.1, 0.15) is 65.4 Å². The van der Waals surface area contributed by atoms with Crippen molar-refractivity contribution in [2.45, 2.75) is 51.4 Å². The molecule has 0 bridgehead atoms. The minimum Gasteiger partial charge on any atom is -0.381 e. The van der Waals surface area contributed by atoms with Gasteiger partial charge in [0, 0.05) is 30.5 Å². The molecule has 0 spiro atoms. The lowest BCUT2D eigenvalue weighted by molar-refractivity contribution is 0.0630. The van der Waals surface area contributed by atoms with Crippen LogP contribution in [0, 0.1) is 18.8 Å². The molecule has 2 aromatic heterocycles. The van der Waals surface area contributed by atoms with E-state index in [0.717, 1.165) is 42.0 Å². The van der Waals surface area contributed by atoms with E-state index >= 15 is 0 Å². The summed E-state index contributed by atoms with van der Waals surface area (Å²) in [6.07, 6.45) is 9.51. The molecule has 0 aromatic carbocycles. The molecule has 2 unspecified atom stereocenters. The molecule has 4 rings (SSSR count). The molecule has 2 aliphatic rings. The summed E-state index contributed by atoms with van der Waals surface area (Å²) < 4.78 is 7.21. The quantitative estimate of drug-likeness (QED) is 0.746. The third kappa shape index (κ3) is 4.43. The van der Waals surface area contributed by atoms with Gasteiger partial charge in [0.2, 0.25) is 0 Å². The van der Waals surface area contributed by atoms with Crippen molar-refractivity contribution in [2.24, 2.45) is 18.9 Å². The summed E-state index contributed by atoms with van der Waals surface area (Å²) in [7, 11) is 1.88. The van der Waals surface area contributed by atoms with Crippen LogP contribution in [0.3, 0.4) is 0 Å². The number of nitrogens with zero attached hydrogens (tertiary/aromatic N) is 2. The Kier molecular flexibility index (Phi) is 5.64. The maximum Gasteiger partial charge on any atom is 0.256 e. The lowest BCUT2D eigenvalue weighted by Gasteiger charge is -2.21. The van der Waals surface area contributed by atoms with Gasteiger partial charge in [-0.05, 0) is 56.4 Å². The van der Waals surface area contributed by atoms with Gasteiger partial charge in [-0.2, -0.15) is 5.10 Å². The number of amides is 1. The number of ether oxygens (including phenoxy) is 1. The molecule has 2 aromatic rings. The van der Waals surface area contributed by atoms with Crippen molar-refractivity contribution < 1.29 is 9.53 Å². The normalized spacial score (nSPS) is 22.7. The molecule has 1 saturated heterocycles. The zero-order valence-corrected chi connectivity index (χ0v) is 17.1. The van der Waals surface area contributed by atoms with Gasteiger partial charge in [-0.15, -0.1) is 11.3 Å². The second kappa shape index (κ2) is 8.15. The lowest BCUT2D eigenvalue weighted by atomic mass is 9.93. The van der Waals surface area contributed by atoms with Crippen molar-refractivity contribution >= 4 is 22.9 Å². The number of hydrogen-bond donors (Lipinski definition) is 1. The Balaban J connectivity index is 1.25. The minimum atomic E-state index is -0.0367. The largest absolute Gasteiger partial charge is 0.381 e. The predicted octanol–water partition coefficient (Wildman–Crippen LogP) is 4.74. The Morgan fingerprint density at radius 3 is 2.93 bits per heavy atom. The van der Waals surface area contributed by atoms with E-state index in [1.165, 1.54) is 43.4 Å². The van der Waals surface area contributed by atoms with Crippen LogP contribution in [0.2, 0.25) is 0 Å².